The summed E-state index contributed by atoms with van der Waals surface area (Å²) in [6.45, 7) is 5.63. The van der Waals surface area contributed by atoms with Crippen molar-refractivity contribution in [3.8, 4) is 0 Å². The van der Waals surface area contributed by atoms with Crippen molar-refractivity contribution >= 4 is 5.78 Å². The molecule has 0 aliphatic carbocycles. The minimum Gasteiger partial charge on any atom is -0.322 e. The molecule has 2 N–H and O–H groups in total. The predicted octanol–water partition coefficient (Wildman–Crippen LogP) is 1.30. The molecule has 0 aromatic carbocycles. The molecule has 0 rings (SSSR count). The van der Waals surface area contributed by atoms with Crippen LogP contribution in [-0.2, 0) is 4.79 Å². The molecular formula is C8H16NO. The summed E-state index contributed by atoms with van der Waals surface area (Å²) in [5.41, 5.74) is 5.45. The molecule has 1 unspecified atom stereocenters. The Bertz CT molecular complexity index is 101. The zero-order valence-corrected chi connectivity index (χ0v) is 6.60. The van der Waals surface area contributed by atoms with E-state index in [0.717, 1.165) is 12.8 Å². The zero-order chi connectivity index (χ0) is 7.98. The lowest BCUT2D eigenvalue weighted by atomic mass is 10.1. The zero-order valence-electron chi connectivity index (χ0n) is 6.60. The van der Waals surface area contributed by atoms with E-state index in [0.29, 0.717) is 12.8 Å². The van der Waals surface area contributed by atoms with Gasteiger partial charge in [0.25, 0.3) is 0 Å². The maximum absolute atomic E-state index is 11.0. The number of rotatable bonds is 5. The van der Waals surface area contributed by atoms with E-state index in [-0.39, 0.29) is 11.8 Å². The molecule has 0 aliphatic heterocycles. The summed E-state index contributed by atoms with van der Waals surface area (Å²) in [5.74, 6) is 0.150. The standard InChI is InChI=1S/C8H16NO/c1-3-5-6-8(10)7(9)4-2/h7H,2-6,9H2,1H3. The molecule has 2 nitrogen and oxygen atoms in total. The van der Waals surface area contributed by atoms with E-state index in [1.807, 2.05) is 0 Å². The van der Waals surface area contributed by atoms with E-state index < -0.39 is 0 Å². The van der Waals surface area contributed by atoms with Crippen LogP contribution in [0, 0.1) is 6.92 Å². The third kappa shape index (κ3) is 3.62. The average molecular weight is 142 g/mol. The molecule has 1 atom stereocenters. The van der Waals surface area contributed by atoms with Crippen LogP contribution < -0.4 is 5.73 Å². The number of ketones is 1. The monoisotopic (exact) mass is 142 g/mol. The van der Waals surface area contributed by atoms with Crippen LogP contribution in [0.2, 0.25) is 0 Å². The Morgan fingerprint density at radius 3 is 2.70 bits per heavy atom. The molecule has 0 aliphatic rings. The number of unbranched alkanes of at least 4 members (excludes halogenated alkanes) is 1. The molecule has 0 aromatic rings. The van der Waals surface area contributed by atoms with Gasteiger partial charge in [-0.3, -0.25) is 4.79 Å². The third-order valence-electron chi connectivity index (χ3n) is 1.50. The third-order valence-corrected chi connectivity index (χ3v) is 1.50. The van der Waals surface area contributed by atoms with E-state index in [1.54, 1.807) is 0 Å². The van der Waals surface area contributed by atoms with Gasteiger partial charge in [0.15, 0.2) is 0 Å². The van der Waals surface area contributed by atoms with Gasteiger partial charge in [-0.05, 0) is 12.8 Å². The van der Waals surface area contributed by atoms with Gasteiger partial charge >= 0.3 is 0 Å². The van der Waals surface area contributed by atoms with Crippen LogP contribution in [-0.4, -0.2) is 11.8 Å². The van der Waals surface area contributed by atoms with E-state index in [2.05, 4.69) is 13.8 Å². The average Bonchev–Trinajstić information content (AvgIpc) is 1.98. The van der Waals surface area contributed by atoms with Gasteiger partial charge in [0, 0.05) is 6.42 Å². The summed E-state index contributed by atoms with van der Waals surface area (Å²) in [7, 11) is 0. The molecule has 0 saturated carbocycles. The van der Waals surface area contributed by atoms with Crippen LogP contribution in [0.15, 0.2) is 0 Å². The van der Waals surface area contributed by atoms with Gasteiger partial charge in [-0.15, -0.1) is 0 Å². The largest absolute Gasteiger partial charge is 0.322 e. The molecule has 0 amide bonds. The Morgan fingerprint density at radius 2 is 2.30 bits per heavy atom. The molecule has 0 heterocycles. The number of nitrogens with two attached hydrogens (primary N) is 1. The fourth-order valence-electron chi connectivity index (χ4n) is 0.697. The highest BCUT2D eigenvalue weighted by Crippen LogP contribution is 1.99. The first-order valence-electron chi connectivity index (χ1n) is 3.80. The van der Waals surface area contributed by atoms with Gasteiger partial charge in [-0.1, -0.05) is 20.3 Å². The minimum absolute atomic E-state index is 0.150. The van der Waals surface area contributed by atoms with Gasteiger partial charge in [-0.2, -0.15) is 0 Å². The molecule has 59 valence electrons. The molecule has 10 heavy (non-hydrogen) atoms. The topological polar surface area (TPSA) is 43.1 Å². The fourth-order valence-corrected chi connectivity index (χ4v) is 0.697. The van der Waals surface area contributed by atoms with Crippen molar-refractivity contribution in [3.63, 3.8) is 0 Å². The summed E-state index contributed by atoms with van der Waals surface area (Å²) < 4.78 is 0. The van der Waals surface area contributed by atoms with E-state index >= 15 is 0 Å². The summed E-state index contributed by atoms with van der Waals surface area (Å²) in [4.78, 5) is 11.0. The van der Waals surface area contributed by atoms with Crippen LogP contribution in [0.5, 0.6) is 0 Å². The number of hydrogen-bond acceptors (Lipinski definition) is 2. The minimum atomic E-state index is -0.327. The molecule has 0 spiro atoms. The Hall–Kier alpha value is -0.370. The van der Waals surface area contributed by atoms with Gasteiger partial charge in [0.2, 0.25) is 0 Å². The predicted molar refractivity (Wildman–Crippen MR) is 42.5 cm³/mol. The Kier molecular flexibility index (Phi) is 5.22. The first-order chi connectivity index (χ1) is 4.72. The van der Waals surface area contributed by atoms with Gasteiger partial charge in [0.1, 0.15) is 5.78 Å². The van der Waals surface area contributed by atoms with E-state index in [1.165, 1.54) is 0 Å². The van der Waals surface area contributed by atoms with Crippen LogP contribution in [0.3, 0.4) is 0 Å². The van der Waals surface area contributed by atoms with Crippen molar-refractivity contribution in [1.29, 1.82) is 0 Å². The van der Waals surface area contributed by atoms with Crippen molar-refractivity contribution in [2.75, 3.05) is 0 Å². The molecule has 2 heteroatoms. The first kappa shape index (κ1) is 9.63. The summed E-state index contributed by atoms with van der Waals surface area (Å²) in [6.07, 6.45) is 3.14. The second kappa shape index (κ2) is 5.42. The van der Waals surface area contributed by atoms with Crippen molar-refractivity contribution in [1.82, 2.24) is 0 Å². The molecule has 0 bridgehead atoms. The maximum Gasteiger partial charge on any atom is 0.149 e. The smallest absolute Gasteiger partial charge is 0.149 e. The summed E-state index contributed by atoms with van der Waals surface area (Å²) >= 11 is 0. The summed E-state index contributed by atoms with van der Waals surface area (Å²) in [6, 6.07) is -0.327. The van der Waals surface area contributed by atoms with Crippen LogP contribution >= 0.6 is 0 Å². The van der Waals surface area contributed by atoms with Crippen LogP contribution in [0.25, 0.3) is 0 Å². The maximum atomic E-state index is 11.0. The summed E-state index contributed by atoms with van der Waals surface area (Å²) in [5, 5.41) is 0. The van der Waals surface area contributed by atoms with Crippen LogP contribution in [0.1, 0.15) is 32.6 Å². The Labute approximate surface area is 62.8 Å². The van der Waals surface area contributed by atoms with Crippen molar-refractivity contribution < 1.29 is 4.79 Å². The Balaban J connectivity index is 3.42. The highest BCUT2D eigenvalue weighted by molar-refractivity contribution is 5.83. The molecule has 0 fully saturated rings. The SMILES string of the molecule is [CH2]CC(N)C(=O)CCCC. The number of carbonyl (C=O) groups excluding carboxylic acids is 1. The fraction of sp³-hybridized carbons (Fsp3) is 0.750. The van der Waals surface area contributed by atoms with E-state index in [9.17, 15) is 4.79 Å². The second-order valence-electron chi connectivity index (χ2n) is 2.47. The lowest BCUT2D eigenvalue weighted by Crippen LogP contribution is -2.29. The van der Waals surface area contributed by atoms with Crippen molar-refractivity contribution in [2.24, 2.45) is 5.73 Å². The quantitative estimate of drug-likeness (QED) is 0.628. The second-order valence-corrected chi connectivity index (χ2v) is 2.47. The van der Waals surface area contributed by atoms with Gasteiger partial charge < -0.3 is 5.73 Å². The Morgan fingerprint density at radius 1 is 1.70 bits per heavy atom. The molecule has 0 aromatic heterocycles. The van der Waals surface area contributed by atoms with E-state index in [4.69, 9.17) is 5.73 Å². The van der Waals surface area contributed by atoms with Gasteiger partial charge in [-0.25, -0.2) is 0 Å². The lowest BCUT2D eigenvalue weighted by molar-refractivity contribution is -0.120. The first-order valence-corrected chi connectivity index (χ1v) is 3.80. The number of Topliss-reactive ketones (excluding diaryl/α,β-unsaturated/α-hetero) is 1. The molecular weight excluding hydrogens is 126 g/mol. The normalized spacial score (nSPS) is 13.1. The molecule has 0 saturated heterocycles. The number of carbonyl (C=O) groups is 1. The number of hydrogen-bond donors (Lipinski definition) is 1. The molecule has 1 radical (unpaired) electrons. The van der Waals surface area contributed by atoms with Gasteiger partial charge in [0.05, 0.1) is 6.04 Å². The van der Waals surface area contributed by atoms with Crippen molar-refractivity contribution in [3.05, 3.63) is 6.92 Å². The van der Waals surface area contributed by atoms with Crippen LogP contribution in [0.4, 0.5) is 0 Å². The lowest BCUT2D eigenvalue weighted by Gasteiger charge is -2.05. The van der Waals surface area contributed by atoms with Crippen molar-refractivity contribution in [2.45, 2.75) is 38.6 Å². The highest BCUT2D eigenvalue weighted by atomic mass is 16.1. The highest BCUT2D eigenvalue weighted by Gasteiger charge is 2.08.